The summed E-state index contributed by atoms with van der Waals surface area (Å²) in [5.74, 6) is -7.85. The summed E-state index contributed by atoms with van der Waals surface area (Å²) in [7, 11) is 6.63. The van der Waals surface area contributed by atoms with Crippen LogP contribution in [0.4, 0.5) is 5.69 Å². The monoisotopic (exact) mass is 555 g/mol. The van der Waals surface area contributed by atoms with Crippen LogP contribution in [-0.4, -0.2) is 95.2 Å². The van der Waals surface area contributed by atoms with Crippen LogP contribution in [0.15, 0.2) is 34.8 Å². The molecule has 0 radical (unpaired) electrons. The number of allylic oxidation sites excluding steroid dienone is 1. The van der Waals surface area contributed by atoms with Crippen molar-refractivity contribution in [1.82, 2.24) is 4.90 Å². The molecule has 0 unspecified atom stereocenters. The molecule has 12 nitrogen and oxygen atoms in total. The van der Waals surface area contributed by atoms with Crippen molar-refractivity contribution < 1.29 is 44.3 Å². The number of likely N-dealkylation sites (N-methyl/N-ethyl adjacent to an activating group) is 1. The first-order valence-electron chi connectivity index (χ1n) is 12.7. The molecule has 1 amide bonds. The highest BCUT2D eigenvalue weighted by Gasteiger charge is 2.63. The molecule has 3 aliphatic carbocycles. The lowest BCUT2D eigenvalue weighted by Gasteiger charge is -2.50. The van der Waals surface area contributed by atoms with Gasteiger partial charge in [-0.1, -0.05) is 0 Å². The van der Waals surface area contributed by atoms with Crippen molar-refractivity contribution in [2.45, 2.75) is 31.4 Å². The number of phenolic OH excluding ortho intramolecular Hbond substituents is 1. The van der Waals surface area contributed by atoms with E-state index in [0.717, 1.165) is 6.08 Å². The molecule has 0 bridgehead atoms. The summed E-state index contributed by atoms with van der Waals surface area (Å²) in [6.45, 7) is 1.79. The third kappa shape index (κ3) is 4.14. The van der Waals surface area contributed by atoms with Gasteiger partial charge in [0.05, 0.1) is 18.2 Å². The zero-order valence-corrected chi connectivity index (χ0v) is 22.9. The minimum Gasteiger partial charge on any atom is -0.510 e. The molecule has 0 spiro atoms. The number of anilines is 1. The number of rotatable bonds is 6. The summed E-state index contributed by atoms with van der Waals surface area (Å²) in [6.07, 6.45) is 2.55. The van der Waals surface area contributed by atoms with Gasteiger partial charge in [-0.05, 0) is 57.5 Å². The molecule has 0 saturated heterocycles. The predicted octanol–water partition coefficient (Wildman–Crippen LogP) is 0.763. The third-order valence-electron chi connectivity index (χ3n) is 7.90. The number of hydrogen-bond acceptors (Lipinski definition) is 11. The smallest absolute Gasteiger partial charge is 0.330 e. The predicted molar refractivity (Wildman–Crippen MR) is 144 cm³/mol. The Morgan fingerprint density at radius 1 is 1.18 bits per heavy atom. The summed E-state index contributed by atoms with van der Waals surface area (Å²) in [5, 5.41) is 45.2. The van der Waals surface area contributed by atoms with Crippen LogP contribution in [0.3, 0.4) is 0 Å². The second kappa shape index (κ2) is 10.1. The molecule has 0 fully saturated rings. The standard InChI is InChI=1S/C28H33N3O9/c1-6-40-17(32)8-7-12-11-16(30(2)3)14-9-13-10-15-21(31(4)5)24(35)20(27(29)38)26(37)28(15,39)25(36)18(13)23(34)19(14)22(12)33/h7-8,11,13,15,21,33,35-36,39H,6,9-10H2,1-5H3,(H2,29,38)/b8-7+/t13-,15-,21-,28+/m1/s1. The Morgan fingerprint density at radius 2 is 1.82 bits per heavy atom. The molecule has 6 N–H and O–H groups in total. The molecule has 40 heavy (non-hydrogen) atoms. The fourth-order valence-corrected chi connectivity index (χ4v) is 6.19. The highest BCUT2D eigenvalue weighted by atomic mass is 16.5. The van der Waals surface area contributed by atoms with E-state index in [2.05, 4.69) is 0 Å². The second-order valence-electron chi connectivity index (χ2n) is 10.6. The number of fused-ring (bicyclic) bond motifs is 3. The van der Waals surface area contributed by atoms with Crippen molar-refractivity contribution in [3.8, 4) is 5.75 Å². The maximum absolute atomic E-state index is 14.0. The van der Waals surface area contributed by atoms with Crippen molar-refractivity contribution in [2.75, 3.05) is 39.7 Å². The molecule has 4 rings (SSSR count). The lowest BCUT2D eigenvalue weighted by molar-refractivity contribution is -0.148. The molecule has 1 aromatic carbocycles. The van der Waals surface area contributed by atoms with Crippen LogP contribution in [0.5, 0.6) is 5.75 Å². The van der Waals surface area contributed by atoms with Gasteiger partial charge in [-0.25, -0.2) is 4.79 Å². The Bertz CT molecular complexity index is 1420. The number of amides is 1. The van der Waals surface area contributed by atoms with E-state index in [-0.39, 0.29) is 36.1 Å². The number of nitrogens with two attached hydrogens (primary N) is 1. The van der Waals surface area contributed by atoms with Gasteiger partial charge in [0.1, 0.15) is 22.8 Å². The molecule has 0 aliphatic heterocycles. The summed E-state index contributed by atoms with van der Waals surface area (Å²) in [6, 6.07) is 0.549. The molecule has 0 aromatic heterocycles. The van der Waals surface area contributed by atoms with Gasteiger partial charge in [0, 0.05) is 42.9 Å². The number of primary amides is 1. The Balaban J connectivity index is 1.94. The Morgan fingerprint density at radius 3 is 2.38 bits per heavy atom. The van der Waals surface area contributed by atoms with Gasteiger partial charge < -0.3 is 35.8 Å². The maximum atomic E-state index is 14.0. The van der Waals surface area contributed by atoms with Crippen LogP contribution in [0.1, 0.15) is 34.8 Å². The first-order valence-corrected chi connectivity index (χ1v) is 12.7. The Labute approximate surface area is 230 Å². The molecule has 1 aromatic rings. The van der Waals surface area contributed by atoms with E-state index in [9.17, 15) is 39.6 Å². The Kier molecular flexibility index (Phi) is 7.28. The topological polar surface area (TPSA) is 191 Å². The number of ketones is 2. The number of aliphatic hydroxyl groups excluding tert-OH is 2. The van der Waals surface area contributed by atoms with E-state index in [1.54, 1.807) is 46.1 Å². The molecule has 3 aliphatic rings. The second-order valence-corrected chi connectivity index (χ2v) is 10.6. The van der Waals surface area contributed by atoms with Gasteiger partial charge in [-0.3, -0.25) is 19.3 Å². The van der Waals surface area contributed by atoms with E-state index in [1.165, 1.54) is 11.0 Å². The van der Waals surface area contributed by atoms with Crippen molar-refractivity contribution >= 4 is 35.2 Å². The highest BCUT2D eigenvalue weighted by Crippen LogP contribution is 2.53. The summed E-state index contributed by atoms with van der Waals surface area (Å²) >= 11 is 0. The van der Waals surface area contributed by atoms with Crippen LogP contribution in [0.2, 0.25) is 0 Å². The number of aliphatic hydroxyl groups is 3. The van der Waals surface area contributed by atoms with Gasteiger partial charge in [-0.15, -0.1) is 0 Å². The van der Waals surface area contributed by atoms with Crippen molar-refractivity contribution in [3.05, 3.63) is 51.5 Å². The number of carbonyl (C=O) groups excluding carboxylic acids is 4. The molecular formula is C28H33N3O9. The van der Waals surface area contributed by atoms with Crippen LogP contribution < -0.4 is 10.6 Å². The lowest BCUT2D eigenvalue weighted by Crippen LogP contribution is -2.63. The molecule has 12 heteroatoms. The number of hydrogen-bond donors (Lipinski definition) is 5. The van der Waals surface area contributed by atoms with Gasteiger partial charge in [0.2, 0.25) is 5.78 Å². The van der Waals surface area contributed by atoms with E-state index in [1.807, 2.05) is 0 Å². The van der Waals surface area contributed by atoms with Crippen LogP contribution >= 0.6 is 0 Å². The number of nitrogens with zero attached hydrogens (tertiary/aromatic N) is 2. The Hall–Kier alpha value is -4.16. The lowest BCUT2D eigenvalue weighted by atomic mass is 9.58. The molecular weight excluding hydrogens is 522 g/mol. The third-order valence-corrected chi connectivity index (χ3v) is 7.90. The number of phenols is 1. The van der Waals surface area contributed by atoms with Crippen molar-refractivity contribution in [1.29, 1.82) is 0 Å². The van der Waals surface area contributed by atoms with Crippen LogP contribution in [-0.2, 0) is 25.5 Å². The van der Waals surface area contributed by atoms with E-state index >= 15 is 0 Å². The molecule has 0 saturated carbocycles. The largest absolute Gasteiger partial charge is 0.510 e. The number of aromatic hydroxyl groups is 1. The van der Waals surface area contributed by atoms with Crippen LogP contribution in [0.25, 0.3) is 6.08 Å². The fourth-order valence-electron chi connectivity index (χ4n) is 6.19. The minimum atomic E-state index is -2.72. The molecule has 214 valence electrons. The zero-order valence-electron chi connectivity index (χ0n) is 22.9. The fraction of sp³-hybridized carbons (Fsp3) is 0.429. The minimum absolute atomic E-state index is 0.0100. The van der Waals surface area contributed by atoms with E-state index in [0.29, 0.717) is 11.3 Å². The average Bonchev–Trinajstić information content (AvgIpc) is 2.85. The zero-order chi connectivity index (χ0) is 29.8. The number of carbonyl (C=O) groups is 4. The number of esters is 1. The molecule has 0 heterocycles. The van der Waals surface area contributed by atoms with Crippen molar-refractivity contribution in [2.24, 2.45) is 17.6 Å². The highest BCUT2D eigenvalue weighted by molar-refractivity contribution is 6.25. The summed E-state index contributed by atoms with van der Waals surface area (Å²) < 4.78 is 4.89. The first kappa shape index (κ1) is 28.8. The SMILES string of the molecule is CCOC(=O)/C=C/c1cc(N(C)C)c2c(c1O)C(=O)C1=C(O)[C@]3(O)C(=O)C(C(N)=O)=C(O)[C@H](N(C)C)[C@H]3C[C@H]1C2. The van der Waals surface area contributed by atoms with E-state index in [4.69, 9.17) is 10.5 Å². The summed E-state index contributed by atoms with van der Waals surface area (Å²) in [4.78, 5) is 54.6. The van der Waals surface area contributed by atoms with Gasteiger partial charge in [-0.2, -0.15) is 0 Å². The van der Waals surface area contributed by atoms with Gasteiger partial charge >= 0.3 is 5.97 Å². The van der Waals surface area contributed by atoms with Gasteiger partial charge in [0.25, 0.3) is 5.91 Å². The molecule has 4 atom stereocenters. The average molecular weight is 556 g/mol. The quantitative estimate of drug-likeness (QED) is 0.189. The van der Waals surface area contributed by atoms with Crippen LogP contribution in [0, 0.1) is 11.8 Å². The number of ether oxygens (including phenoxy) is 1. The first-order chi connectivity index (χ1) is 18.7. The van der Waals surface area contributed by atoms with Crippen molar-refractivity contribution in [3.63, 3.8) is 0 Å². The van der Waals surface area contributed by atoms with Gasteiger partial charge in [0.15, 0.2) is 11.4 Å². The number of Topliss-reactive ketones (excluding diaryl/α,β-unsaturated/α-hetero) is 2. The normalized spacial score (nSPS) is 26.1. The van der Waals surface area contributed by atoms with E-state index < -0.39 is 69.8 Å². The maximum Gasteiger partial charge on any atom is 0.330 e. The number of benzene rings is 1. The summed E-state index contributed by atoms with van der Waals surface area (Å²) in [5.41, 5.74) is 2.58.